The van der Waals surface area contributed by atoms with Crippen molar-refractivity contribution >= 4 is 0 Å². The van der Waals surface area contributed by atoms with E-state index in [-0.39, 0.29) is 0 Å². The van der Waals surface area contributed by atoms with E-state index in [0.29, 0.717) is 0 Å². The summed E-state index contributed by atoms with van der Waals surface area (Å²) in [6.07, 6.45) is 36.2. The molecule has 0 saturated heterocycles. The maximum atomic E-state index is 2.40. The van der Waals surface area contributed by atoms with Gasteiger partial charge in [0.25, 0.3) is 0 Å². The van der Waals surface area contributed by atoms with Crippen LogP contribution in [0, 0.1) is 17.8 Å². The van der Waals surface area contributed by atoms with Crippen molar-refractivity contribution in [1.29, 1.82) is 0 Å². The summed E-state index contributed by atoms with van der Waals surface area (Å²) in [5.74, 6) is 2.92. The Balaban J connectivity index is 0.000000115. The first-order valence-corrected chi connectivity index (χ1v) is 8.99. The fourth-order valence-corrected chi connectivity index (χ4v) is 3.23. The number of allylic oxidation sites excluding steroid dienone is 14. The molecule has 0 heteroatoms. The van der Waals surface area contributed by atoms with Gasteiger partial charge in [0.1, 0.15) is 0 Å². The van der Waals surface area contributed by atoms with Crippen molar-refractivity contribution in [2.24, 2.45) is 17.8 Å². The predicted octanol–water partition coefficient (Wildman–Crippen LogP) is 6.73. The van der Waals surface area contributed by atoms with Gasteiger partial charge in [-0.05, 0) is 49.9 Å². The Morgan fingerprint density at radius 2 is 1.00 bits per heavy atom. The Kier molecular flexibility index (Phi) is 8.26. The van der Waals surface area contributed by atoms with Gasteiger partial charge in [-0.25, -0.2) is 0 Å². The van der Waals surface area contributed by atoms with Crippen LogP contribution in [0.25, 0.3) is 0 Å². The van der Waals surface area contributed by atoms with Crippen LogP contribution in [-0.2, 0) is 0 Å². The Morgan fingerprint density at radius 1 is 0.565 bits per heavy atom. The monoisotopic (exact) mass is 306 g/mol. The zero-order chi connectivity index (χ0) is 16.2. The standard InChI is InChI=1S/C8H12.3C5H6/c1-6-4-7-2-3-8(6)5-7;3*1-2-4-5-3-1/h2-3,6-8H,4-5H2,1H3;3*1-4H,5H2. The van der Waals surface area contributed by atoms with Crippen LogP contribution in [0.5, 0.6) is 0 Å². The van der Waals surface area contributed by atoms with Gasteiger partial charge in [0.15, 0.2) is 0 Å². The Morgan fingerprint density at radius 3 is 1.13 bits per heavy atom. The van der Waals surface area contributed by atoms with Crippen LogP contribution in [0.4, 0.5) is 0 Å². The van der Waals surface area contributed by atoms with Gasteiger partial charge >= 0.3 is 0 Å². The third-order valence-corrected chi connectivity index (χ3v) is 4.58. The topological polar surface area (TPSA) is 0 Å². The molecule has 0 heterocycles. The van der Waals surface area contributed by atoms with E-state index in [1.54, 1.807) is 0 Å². The molecule has 5 aliphatic carbocycles. The average Bonchev–Trinajstić information content (AvgIpc) is 3.45. The zero-order valence-corrected chi connectivity index (χ0v) is 14.4. The normalized spacial score (nSPS) is 29.2. The van der Waals surface area contributed by atoms with E-state index < -0.39 is 0 Å². The molecule has 3 atom stereocenters. The molecule has 23 heavy (non-hydrogen) atoms. The molecule has 5 rings (SSSR count). The molecule has 1 saturated carbocycles. The summed E-state index contributed by atoms with van der Waals surface area (Å²) in [5.41, 5.74) is 0. The maximum absolute atomic E-state index is 2.40. The van der Waals surface area contributed by atoms with Crippen molar-refractivity contribution in [3.8, 4) is 0 Å². The fourth-order valence-electron chi connectivity index (χ4n) is 3.23. The van der Waals surface area contributed by atoms with Crippen molar-refractivity contribution in [3.05, 3.63) is 85.1 Å². The van der Waals surface area contributed by atoms with Crippen LogP contribution in [0.15, 0.2) is 85.1 Å². The first-order valence-electron chi connectivity index (χ1n) is 8.99. The molecule has 0 N–H and O–H groups in total. The molecular weight excluding hydrogens is 276 g/mol. The van der Waals surface area contributed by atoms with Gasteiger partial charge in [-0.1, -0.05) is 92.0 Å². The minimum Gasteiger partial charge on any atom is -0.0851 e. The SMILES string of the molecule is C1=CCC=C1.C1=CCC=C1.C1=CCC=C1.CC1CC2C=CC1C2. The van der Waals surface area contributed by atoms with Gasteiger partial charge in [0.2, 0.25) is 0 Å². The van der Waals surface area contributed by atoms with Crippen molar-refractivity contribution in [1.82, 2.24) is 0 Å². The molecule has 0 aromatic heterocycles. The fraction of sp³-hybridized carbons (Fsp3) is 0.391. The lowest BCUT2D eigenvalue weighted by atomic mass is 9.96. The van der Waals surface area contributed by atoms with Gasteiger partial charge in [0, 0.05) is 0 Å². The third-order valence-electron chi connectivity index (χ3n) is 4.58. The minimum atomic E-state index is 0.958. The molecule has 0 aromatic rings. The lowest BCUT2D eigenvalue weighted by Crippen LogP contribution is -1.99. The summed E-state index contributed by atoms with van der Waals surface area (Å²) in [6, 6.07) is 0. The molecule has 0 aromatic carbocycles. The van der Waals surface area contributed by atoms with E-state index in [9.17, 15) is 0 Å². The highest BCUT2D eigenvalue weighted by Gasteiger charge is 2.32. The van der Waals surface area contributed by atoms with E-state index >= 15 is 0 Å². The number of hydrogen-bond acceptors (Lipinski definition) is 0. The van der Waals surface area contributed by atoms with Crippen LogP contribution in [0.1, 0.15) is 39.0 Å². The highest BCUT2D eigenvalue weighted by Crippen LogP contribution is 2.42. The molecule has 0 aliphatic heterocycles. The van der Waals surface area contributed by atoms with E-state index in [1.165, 1.54) is 12.8 Å². The molecule has 3 unspecified atom stereocenters. The molecule has 0 spiro atoms. The van der Waals surface area contributed by atoms with Gasteiger partial charge in [-0.15, -0.1) is 0 Å². The van der Waals surface area contributed by atoms with Crippen LogP contribution in [0.2, 0.25) is 0 Å². The molecule has 5 aliphatic rings. The molecule has 2 bridgehead atoms. The van der Waals surface area contributed by atoms with Crippen LogP contribution < -0.4 is 0 Å². The van der Waals surface area contributed by atoms with Crippen molar-refractivity contribution < 1.29 is 0 Å². The average molecular weight is 306 g/mol. The summed E-state index contributed by atoms with van der Waals surface area (Å²) in [4.78, 5) is 0. The van der Waals surface area contributed by atoms with Crippen molar-refractivity contribution in [2.75, 3.05) is 0 Å². The highest BCUT2D eigenvalue weighted by molar-refractivity contribution is 5.13. The van der Waals surface area contributed by atoms with Gasteiger partial charge in [0.05, 0.1) is 0 Å². The van der Waals surface area contributed by atoms with E-state index in [2.05, 4.69) is 92.0 Å². The molecule has 0 nitrogen and oxygen atoms in total. The molecule has 0 radical (unpaired) electrons. The van der Waals surface area contributed by atoms with Gasteiger partial charge < -0.3 is 0 Å². The lowest BCUT2D eigenvalue weighted by Gasteiger charge is -2.09. The van der Waals surface area contributed by atoms with Crippen LogP contribution in [0.3, 0.4) is 0 Å². The first-order chi connectivity index (χ1) is 11.4. The lowest BCUT2D eigenvalue weighted by molar-refractivity contribution is 0.493. The summed E-state index contributed by atoms with van der Waals surface area (Å²) in [5, 5.41) is 0. The second-order valence-electron chi connectivity index (χ2n) is 6.53. The largest absolute Gasteiger partial charge is 0.0851 e. The molecule has 1 fully saturated rings. The van der Waals surface area contributed by atoms with Crippen LogP contribution >= 0.6 is 0 Å². The molecule has 122 valence electrons. The predicted molar refractivity (Wildman–Crippen MR) is 103 cm³/mol. The maximum Gasteiger partial charge on any atom is -0.0163 e. The second kappa shape index (κ2) is 10.8. The Labute approximate surface area is 142 Å². The van der Waals surface area contributed by atoms with Gasteiger partial charge in [-0.2, -0.15) is 0 Å². The number of hydrogen-bond donors (Lipinski definition) is 0. The zero-order valence-electron chi connectivity index (χ0n) is 14.4. The number of fused-ring (bicyclic) bond motifs is 2. The minimum absolute atomic E-state index is 0.958. The Hall–Kier alpha value is -1.82. The van der Waals surface area contributed by atoms with E-state index in [1.807, 2.05) is 0 Å². The van der Waals surface area contributed by atoms with Crippen LogP contribution in [-0.4, -0.2) is 0 Å². The summed E-state index contributed by atoms with van der Waals surface area (Å²) < 4.78 is 0. The van der Waals surface area contributed by atoms with Crippen molar-refractivity contribution in [2.45, 2.75) is 39.0 Å². The van der Waals surface area contributed by atoms with Gasteiger partial charge in [-0.3, -0.25) is 0 Å². The summed E-state index contributed by atoms with van der Waals surface area (Å²) in [6.45, 7) is 2.37. The Bertz CT molecular complexity index is 440. The quantitative estimate of drug-likeness (QED) is 0.435. The smallest absolute Gasteiger partial charge is 0.0163 e. The van der Waals surface area contributed by atoms with Crippen molar-refractivity contribution in [3.63, 3.8) is 0 Å². The first kappa shape index (κ1) is 17.5. The van der Waals surface area contributed by atoms with E-state index in [4.69, 9.17) is 0 Å². The molecular formula is C23H30. The van der Waals surface area contributed by atoms with E-state index in [0.717, 1.165) is 37.0 Å². The third kappa shape index (κ3) is 7.32. The molecule has 0 amide bonds. The highest BCUT2D eigenvalue weighted by atomic mass is 14.4. The summed E-state index contributed by atoms with van der Waals surface area (Å²) in [7, 11) is 0. The number of rotatable bonds is 0. The second-order valence-corrected chi connectivity index (χ2v) is 6.53. The summed E-state index contributed by atoms with van der Waals surface area (Å²) >= 11 is 0.